The number of sulfonamides is 1. The number of benzene rings is 1. The van der Waals surface area contributed by atoms with E-state index >= 15 is 0 Å². The van der Waals surface area contributed by atoms with E-state index in [2.05, 4.69) is 11.3 Å². The normalized spacial score (nSPS) is 23.8. The highest BCUT2D eigenvalue weighted by molar-refractivity contribution is 7.90. The monoisotopic (exact) mass is 799 g/mol. The number of hydrogen-bond acceptors (Lipinski definition) is 10. The van der Waals surface area contributed by atoms with Crippen LogP contribution >= 0.6 is 0 Å². The molecule has 4 aliphatic rings. The third-order valence-corrected chi connectivity index (χ3v) is 12.9. The highest BCUT2D eigenvalue weighted by atomic mass is 32.2. The van der Waals surface area contributed by atoms with Gasteiger partial charge in [0.05, 0.1) is 42.1 Å². The molecule has 3 fully saturated rings. The molecule has 5 rings (SSSR count). The van der Waals surface area contributed by atoms with Gasteiger partial charge in [0.1, 0.15) is 17.5 Å². The average Bonchev–Trinajstić information content (AvgIpc) is 3.96. The molecule has 1 saturated heterocycles. The molecule has 306 valence electrons. The molecule has 3 amide bonds. The van der Waals surface area contributed by atoms with Crippen molar-refractivity contribution < 1.29 is 51.0 Å². The number of nitrogens with one attached hydrogen (secondary N) is 1. The molecule has 2 aliphatic carbocycles. The molecule has 1 aromatic carbocycles. The number of amides is 3. The van der Waals surface area contributed by atoms with Crippen molar-refractivity contribution in [2.24, 2.45) is 22.7 Å². The number of hydrogen-bond donors (Lipinski definition) is 1. The summed E-state index contributed by atoms with van der Waals surface area (Å²) in [4.78, 5) is 85.4. The maximum absolute atomic E-state index is 14.9. The smallest absolute Gasteiger partial charge is 0.410 e. The summed E-state index contributed by atoms with van der Waals surface area (Å²) in [6.07, 6.45) is 1.07. The van der Waals surface area contributed by atoms with Crippen LogP contribution in [0.25, 0.3) is 0 Å². The van der Waals surface area contributed by atoms with E-state index in [9.17, 15) is 41.6 Å². The molecule has 0 bridgehead atoms. The fourth-order valence-electron chi connectivity index (χ4n) is 7.86. The lowest BCUT2D eigenvalue weighted by atomic mass is 9.72. The largest absolute Gasteiger partial charge is 0.460 e. The number of halogens is 1. The molecule has 0 unspecified atom stereocenters. The van der Waals surface area contributed by atoms with Crippen molar-refractivity contribution in [2.45, 2.75) is 129 Å². The molecule has 5 atom stereocenters. The number of fused-ring (bicyclic) bond motifs is 1. The van der Waals surface area contributed by atoms with Gasteiger partial charge < -0.3 is 14.4 Å². The number of ketones is 2. The Morgan fingerprint density at radius 1 is 1.07 bits per heavy atom. The molecule has 1 aromatic rings. The Labute approximate surface area is 328 Å². The Bertz CT molecular complexity index is 1940. The van der Waals surface area contributed by atoms with Gasteiger partial charge in [-0.15, -0.1) is 6.58 Å². The van der Waals surface area contributed by atoms with Gasteiger partial charge in [0, 0.05) is 31.4 Å². The van der Waals surface area contributed by atoms with Crippen molar-refractivity contribution in [3.05, 3.63) is 59.4 Å². The number of likely N-dealkylation sites (tertiary alicyclic amines) is 1. The first-order valence-corrected chi connectivity index (χ1v) is 20.6. The standard InChI is InChI=1S/C41H54FN3O10S/c1-9-26-18-41(26,37(50)43-56(52,53)29-13-14-29)20-34(47)33-16-28(54-38(51)44-21-25-11-10-12-32(42)30(25)23-44)22-45(33)36(49)31(17-35(48)55-39(4,5)6)40(7,8)19-27(46)15-24(2)3/h9-12,15,26,28-29,31,33H,1,13-14,16-23H2,2-8H3,(H,43,50)/t26-,28-,31-,33+,41-/m1/s1. The molecule has 0 aromatic heterocycles. The third kappa shape index (κ3) is 9.75. The summed E-state index contributed by atoms with van der Waals surface area (Å²) in [7, 11) is -3.93. The summed E-state index contributed by atoms with van der Waals surface area (Å²) in [6.45, 7) is 15.5. The Morgan fingerprint density at radius 2 is 1.75 bits per heavy atom. The van der Waals surface area contributed by atoms with Crippen LogP contribution in [0.3, 0.4) is 0 Å². The van der Waals surface area contributed by atoms with Gasteiger partial charge in [0.25, 0.3) is 0 Å². The van der Waals surface area contributed by atoms with E-state index in [1.165, 1.54) is 28.0 Å². The van der Waals surface area contributed by atoms with Gasteiger partial charge in [-0.1, -0.05) is 37.6 Å². The zero-order chi connectivity index (χ0) is 41.5. The van der Waals surface area contributed by atoms with E-state index in [-0.39, 0.29) is 44.7 Å². The van der Waals surface area contributed by atoms with Crippen LogP contribution in [0, 0.1) is 28.5 Å². The fourth-order valence-corrected chi connectivity index (χ4v) is 9.25. The Kier molecular flexibility index (Phi) is 12.1. The number of carbonyl (C=O) groups is 6. The number of allylic oxidation sites excluding steroid dienone is 3. The summed E-state index contributed by atoms with van der Waals surface area (Å²) < 4.78 is 53.6. The molecule has 0 radical (unpaired) electrons. The van der Waals surface area contributed by atoms with Gasteiger partial charge >= 0.3 is 12.1 Å². The molecule has 13 nitrogen and oxygen atoms in total. The van der Waals surface area contributed by atoms with Crippen LogP contribution in [0.5, 0.6) is 0 Å². The minimum atomic E-state index is -3.93. The minimum absolute atomic E-state index is 0.0330. The van der Waals surface area contributed by atoms with Gasteiger partial charge in [-0.05, 0) is 82.9 Å². The van der Waals surface area contributed by atoms with E-state index in [0.29, 0.717) is 24.0 Å². The van der Waals surface area contributed by atoms with Crippen molar-refractivity contribution in [1.82, 2.24) is 14.5 Å². The predicted molar refractivity (Wildman–Crippen MR) is 203 cm³/mol. The molecule has 15 heteroatoms. The van der Waals surface area contributed by atoms with E-state index in [0.717, 1.165) is 5.57 Å². The van der Waals surface area contributed by atoms with E-state index in [4.69, 9.17) is 9.47 Å². The summed E-state index contributed by atoms with van der Waals surface area (Å²) in [5.74, 6) is -5.11. The van der Waals surface area contributed by atoms with E-state index in [1.54, 1.807) is 60.6 Å². The second-order valence-corrected chi connectivity index (χ2v) is 19.7. The molecule has 2 heterocycles. The number of ether oxygens (including phenoxy) is 2. The first kappa shape index (κ1) is 42.7. The quantitative estimate of drug-likeness (QED) is 0.139. The van der Waals surface area contributed by atoms with Gasteiger partial charge in [-0.2, -0.15) is 0 Å². The van der Waals surface area contributed by atoms with Crippen molar-refractivity contribution in [3.8, 4) is 0 Å². The lowest BCUT2D eigenvalue weighted by Crippen LogP contribution is -2.49. The molecular weight excluding hydrogens is 746 g/mol. The van der Waals surface area contributed by atoms with Crippen LogP contribution in [0.15, 0.2) is 42.5 Å². The molecule has 2 saturated carbocycles. The van der Waals surface area contributed by atoms with Crippen molar-refractivity contribution >= 4 is 45.5 Å². The number of nitrogens with zero attached hydrogens (tertiary/aromatic N) is 2. The highest BCUT2D eigenvalue weighted by Gasteiger charge is 2.61. The Morgan fingerprint density at radius 3 is 2.32 bits per heavy atom. The zero-order valence-corrected chi connectivity index (χ0v) is 34.1. The Hall–Kier alpha value is -4.40. The minimum Gasteiger partial charge on any atom is -0.460 e. The molecule has 56 heavy (non-hydrogen) atoms. The number of rotatable bonds is 15. The van der Waals surface area contributed by atoms with Gasteiger partial charge in [0.15, 0.2) is 11.6 Å². The second-order valence-electron chi connectivity index (χ2n) is 17.7. The molecule has 2 aliphatic heterocycles. The maximum atomic E-state index is 14.9. The summed E-state index contributed by atoms with van der Waals surface area (Å²) in [5.41, 5.74) is -1.69. The van der Waals surface area contributed by atoms with Crippen molar-refractivity contribution in [3.63, 3.8) is 0 Å². The van der Waals surface area contributed by atoms with Gasteiger partial charge in [-0.25, -0.2) is 17.6 Å². The van der Waals surface area contributed by atoms with Crippen LogP contribution < -0.4 is 4.72 Å². The van der Waals surface area contributed by atoms with E-state index in [1.807, 2.05) is 0 Å². The average molecular weight is 800 g/mol. The number of carbonyl (C=O) groups excluding carboxylic acids is 6. The fraction of sp³-hybridized carbons (Fsp3) is 0.610. The SMILES string of the molecule is C=C[C@@H]1C[C@]1(CC(=O)[C@@H]1C[C@@H](OC(=O)N2Cc3cccc(F)c3C2)CN1C(=O)[C@@H](CC(=O)OC(C)(C)C)C(C)(C)CC(=O)C=C(C)C)C(=O)NS(=O)(=O)C1CC1. The highest BCUT2D eigenvalue weighted by Crippen LogP contribution is 2.57. The molecular formula is C41H54FN3O10S. The van der Waals surface area contributed by atoms with Crippen LogP contribution in [0.2, 0.25) is 0 Å². The number of Topliss-reactive ketones (excluding diaryl/α,β-unsaturated/α-hetero) is 1. The van der Waals surface area contributed by atoms with Crippen molar-refractivity contribution in [1.29, 1.82) is 0 Å². The number of esters is 1. The topological polar surface area (TPSA) is 174 Å². The van der Waals surface area contributed by atoms with Crippen LogP contribution in [0.1, 0.15) is 105 Å². The summed E-state index contributed by atoms with van der Waals surface area (Å²) in [5, 5.41) is -0.674. The van der Waals surface area contributed by atoms with Crippen LogP contribution in [0.4, 0.5) is 9.18 Å². The van der Waals surface area contributed by atoms with Gasteiger partial charge in [-0.3, -0.25) is 33.6 Å². The predicted octanol–water partition coefficient (Wildman–Crippen LogP) is 5.31. The first-order valence-electron chi connectivity index (χ1n) is 19.1. The molecule has 0 spiro atoms. The van der Waals surface area contributed by atoms with Crippen LogP contribution in [-0.4, -0.2) is 83.2 Å². The molecule has 1 N–H and O–H groups in total. The Balaban J connectivity index is 1.44. The lowest BCUT2D eigenvalue weighted by Gasteiger charge is -2.37. The van der Waals surface area contributed by atoms with Crippen molar-refractivity contribution in [2.75, 3.05) is 6.54 Å². The third-order valence-electron chi connectivity index (χ3n) is 11.0. The first-order chi connectivity index (χ1) is 26.0. The summed E-state index contributed by atoms with van der Waals surface area (Å²) >= 11 is 0. The van der Waals surface area contributed by atoms with Gasteiger partial charge in [0.2, 0.25) is 21.8 Å². The second kappa shape index (κ2) is 15.9. The van der Waals surface area contributed by atoms with E-state index < -0.39 is 104 Å². The zero-order valence-electron chi connectivity index (χ0n) is 33.3. The lowest BCUT2D eigenvalue weighted by molar-refractivity contribution is -0.161. The maximum Gasteiger partial charge on any atom is 0.410 e. The van der Waals surface area contributed by atoms with Crippen LogP contribution in [-0.2, 0) is 56.6 Å². The summed E-state index contributed by atoms with van der Waals surface area (Å²) in [6, 6.07) is 3.32.